The molecule has 0 radical (unpaired) electrons. The lowest BCUT2D eigenvalue weighted by Crippen LogP contribution is -1.90. The number of hydrogen-bond donors (Lipinski definition) is 0. The van der Waals surface area contributed by atoms with E-state index in [0.29, 0.717) is 5.75 Å². The SMILES string of the molecule is Cc1nnc(CS(C)=O)s1. The first kappa shape index (κ1) is 7.81. The highest BCUT2D eigenvalue weighted by molar-refractivity contribution is 7.83. The van der Waals surface area contributed by atoms with Crippen molar-refractivity contribution in [2.24, 2.45) is 0 Å². The molecule has 0 saturated heterocycles. The zero-order valence-corrected chi connectivity index (χ0v) is 7.46. The second-order valence-electron chi connectivity index (χ2n) is 1.93. The summed E-state index contributed by atoms with van der Waals surface area (Å²) >= 11 is 1.50. The molecule has 56 valence electrons. The Morgan fingerprint density at radius 3 is 2.70 bits per heavy atom. The highest BCUT2D eigenvalue weighted by Gasteiger charge is 2.00. The van der Waals surface area contributed by atoms with Crippen molar-refractivity contribution in [1.29, 1.82) is 0 Å². The highest BCUT2D eigenvalue weighted by atomic mass is 32.2. The smallest absolute Gasteiger partial charge is 0.129 e. The molecule has 0 fully saturated rings. The van der Waals surface area contributed by atoms with Crippen molar-refractivity contribution in [2.75, 3.05) is 6.26 Å². The molecule has 0 aliphatic rings. The molecule has 0 aromatic carbocycles. The average molecular weight is 176 g/mol. The predicted molar refractivity (Wildman–Crippen MR) is 42.4 cm³/mol. The van der Waals surface area contributed by atoms with E-state index in [9.17, 15) is 4.21 Å². The van der Waals surface area contributed by atoms with E-state index < -0.39 is 10.8 Å². The van der Waals surface area contributed by atoms with E-state index in [1.807, 2.05) is 6.92 Å². The first-order chi connectivity index (χ1) is 4.68. The van der Waals surface area contributed by atoms with E-state index in [1.165, 1.54) is 11.3 Å². The predicted octanol–water partition coefficient (Wildman–Crippen LogP) is 0.725. The lowest BCUT2D eigenvalue weighted by atomic mass is 10.8. The monoisotopic (exact) mass is 176 g/mol. The molecule has 1 aromatic rings. The van der Waals surface area contributed by atoms with Gasteiger partial charge in [-0.3, -0.25) is 4.21 Å². The van der Waals surface area contributed by atoms with Crippen LogP contribution >= 0.6 is 11.3 Å². The lowest BCUT2D eigenvalue weighted by Gasteiger charge is -1.85. The fraction of sp³-hybridized carbons (Fsp3) is 0.600. The van der Waals surface area contributed by atoms with Crippen molar-refractivity contribution >= 4 is 22.1 Å². The highest BCUT2D eigenvalue weighted by Crippen LogP contribution is 2.08. The summed E-state index contributed by atoms with van der Waals surface area (Å²) in [5, 5.41) is 9.43. The van der Waals surface area contributed by atoms with E-state index >= 15 is 0 Å². The quantitative estimate of drug-likeness (QED) is 0.667. The molecule has 3 nitrogen and oxygen atoms in total. The molecule has 0 aliphatic carbocycles. The van der Waals surface area contributed by atoms with Gasteiger partial charge in [-0.15, -0.1) is 21.5 Å². The summed E-state index contributed by atoms with van der Waals surface area (Å²) in [5.74, 6) is 0.533. The standard InChI is InChI=1S/C5H8N2OS2/c1-4-6-7-5(9-4)3-10(2)8/h3H2,1-2H3. The molecule has 1 aromatic heterocycles. The van der Waals surface area contributed by atoms with Crippen LogP contribution in [0.3, 0.4) is 0 Å². The van der Waals surface area contributed by atoms with E-state index in [0.717, 1.165) is 10.0 Å². The van der Waals surface area contributed by atoms with Crippen molar-refractivity contribution in [3.63, 3.8) is 0 Å². The van der Waals surface area contributed by atoms with Gasteiger partial charge < -0.3 is 0 Å². The van der Waals surface area contributed by atoms with Gasteiger partial charge in [-0.05, 0) is 6.92 Å². The van der Waals surface area contributed by atoms with Crippen LogP contribution in [0.1, 0.15) is 10.0 Å². The molecule has 1 unspecified atom stereocenters. The first-order valence-electron chi connectivity index (χ1n) is 2.77. The average Bonchev–Trinajstić information content (AvgIpc) is 2.13. The van der Waals surface area contributed by atoms with Crippen LogP contribution in [0.25, 0.3) is 0 Å². The molecule has 1 heterocycles. The fourth-order valence-electron chi connectivity index (χ4n) is 0.570. The van der Waals surface area contributed by atoms with Gasteiger partial charge in [-0.2, -0.15) is 0 Å². The number of aromatic nitrogens is 2. The Bertz CT molecular complexity index is 246. The zero-order valence-electron chi connectivity index (χ0n) is 5.83. The summed E-state index contributed by atoms with van der Waals surface area (Å²) in [6, 6.07) is 0. The maximum atomic E-state index is 10.7. The van der Waals surface area contributed by atoms with Gasteiger partial charge >= 0.3 is 0 Å². The first-order valence-corrected chi connectivity index (χ1v) is 5.32. The maximum absolute atomic E-state index is 10.7. The Balaban J connectivity index is 2.67. The molecule has 0 spiro atoms. The van der Waals surface area contributed by atoms with Crippen LogP contribution in [0.2, 0.25) is 0 Å². The second-order valence-corrected chi connectivity index (χ2v) is 4.63. The molecule has 1 atom stereocenters. The van der Waals surface area contributed by atoms with Crippen molar-refractivity contribution in [3.05, 3.63) is 10.0 Å². The molecule has 1 rings (SSSR count). The summed E-state index contributed by atoms with van der Waals surface area (Å²) in [5.41, 5.74) is 0. The third kappa shape index (κ3) is 2.15. The van der Waals surface area contributed by atoms with Crippen LogP contribution in [0, 0.1) is 6.92 Å². The Morgan fingerprint density at radius 1 is 1.60 bits per heavy atom. The van der Waals surface area contributed by atoms with Gasteiger partial charge in [0, 0.05) is 17.1 Å². The normalized spacial score (nSPS) is 13.4. The minimum absolute atomic E-state index is 0.533. The van der Waals surface area contributed by atoms with Crippen molar-refractivity contribution in [2.45, 2.75) is 12.7 Å². The molecule has 0 saturated carbocycles. The second kappa shape index (κ2) is 3.21. The fourth-order valence-corrected chi connectivity index (χ4v) is 2.21. The third-order valence-electron chi connectivity index (χ3n) is 0.895. The summed E-state index contributed by atoms with van der Waals surface area (Å²) < 4.78 is 10.7. The molecular weight excluding hydrogens is 168 g/mol. The Hall–Kier alpha value is -0.290. The van der Waals surface area contributed by atoms with E-state index in [1.54, 1.807) is 6.26 Å². The summed E-state index contributed by atoms with van der Waals surface area (Å²) in [6.07, 6.45) is 1.66. The molecule has 0 N–H and O–H groups in total. The zero-order chi connectivity index (χ0) is 7.56. The van der Waals surface area contributed by atoms with Gasteiger partial charge in [-0.25, -0.2) is 0 Å². The maximum Gasteiger partial charge on any atom is 0.129 e. The van der Waals surface area contributed by atoms with E-state index in [-0.39, 0.29) is 0 Å². The van der Waals surface area contributed by atoms with E-state index in [4.69, 9.17) is 0 Å². The largest absolute Gasteiger partial charge is 0.259 e. The Labute approximate surface area is 65.9 Å². The molecule has 0 amide bonds. The van der Waals surface area contributed by atoms with Crippen LogP contribution in [0.15, 0.2) is 0 Å². The number of hydrogen-bond acceptors (Lipinski definition) is 4. The van der Waals surface area contributed by atoms with Crippen LogP contribution in [-0.2, 0) is 16.6 Å². The van der Waals surface area contributed by atoms with Crippen molar-refractivity contribution < 1.29 is 4.21 Å². The number of aryl methyl sites for hydroxylation is 1. The minimum Gasteiger partial charge on any atom is -0.259 e. The number of nitrogens with zero attached hydrogens (tertiary/aromatic N) is 2. The lowest BCUT2D eigenvalue weighted by molar-refractivity contribution is 0.686. The molecule has 5 heteroatoms. The molecule has 0 bridgehead atoms. The summed E-state index contributed by atoms with van der Waals surface area (Å²) in [7, 11) is -0.795. The molecule has 0 aliphatic heterocycles. The summed E-state index contributed by atoms with van der Waals surface area (Å²) in [4.78, 5) is 0. The summed E-state index contributed by atoms with van der Waals surface area (Å²) in [6.45, 7) is 1.89. The Kier molecular flexibility index (Phi) is 2.50. The number of rotatable bonds is 2. The van der Waals surface area contributed by atoms with Gasteiger partial charge in [0.15, 0.2) is 0 Å². The molecular formula is C5H8N2OS2. The van der Waals surface area contributed by atoms with Gasteiger partial charge in [0.2, 0.25) is 0 Å². The Morgan fingerprint density at radius 2 is 2.30 bits per heavy atom. The minimum atomic E-state index is -0.795. The van der Waals surface area contributed by atoms with Crippen molar-refractivity contribution in [3.8, 4) is 0 Å². The van der Waals surface area contributed by atoms with Gasteiger partial charge in [0.05, 0.1) is 5.75 Å². The van der Waals surface area contributed by atoms with E-state index in [2.05, 4.69) is 10.2 Å². The van der Waals surface area contributed by atoms with Gasteiger partial charge in [0.25, 0.3) is 0 Å². The van der Waals surface area contributed by atoms with Crippen LogP contribution in [0.4, 0.5) is 0 Å². The van der Waals surface area contributed by atoms with Gasteiger partial charge in [0.1, 0.15) is 10.0 Å². The van der Waals surface area contributed by atoms with Crippen LogP contribution in [0.5, 0.6) is 0 Å². The van der Waals surface area contributed by atoms with Crippen LogP contribution < -0.4 is 0 Å². The molecule has 10 heavy (non-hydrogen) atoms. The topological polar surface area (TPSA) is 42.9 Å². The third-order valence-corrected chi connectivity index (χ3v) is 2.60. The van der Waals surface area contributed by atoms with Gasteiger partial charge in [-0.1, -0.05) is 0 Å². The van der Waals surface area contributed by atoms with Crippen molar-refractivity contribution in [1.82, 2.24) is 10.2 Å². The van der Waals surface area contributed by atoms with Crippen LogP contribution in [-0.4, -0.2) is 20.7 Å².